The monoisotopic (exact) mass is 452 g/mol. The van der Waals surface area contributed by atoms with Gasteiger partial charge in [0.15, 0.2) is 5.78 Å². The van der Waals surface area contributed by atoms with Gasteiger partial charge in [0.25, 0.3) is 0 Å². The summed E-state index contributed by atoms with van der Waals surface area (Å²) in [5.74, 6) is -0.284. The molecule has 0 heterocycles. The maximum atomic E-state index is 12.5. The fourth-order valence-corrected chi connectivity index (χ4v) is 3.93. The number of ether oxygens (including phenoxy) is 1. The first kappa shape index (κ1) is 24.3. The average molecular weight is 453 g/mol. The van der Waals surface area contributed by atoms with Crippen LogP contribution in [0.5, 0.6) is 5.75 Å². The van der Waals surface area contributed by atoms with E-state index in [1.165, 1.54) is 0 Å². The third kappa shape index (κ3) is 7.07. The second kappa shape index (κ2) is 11.5. The minimum absolute atomic E-state index is 0.0174. The van der Waals surface area contributed by atoms with Crippen molar-refractivity contribution in [1.82, 2.24) is 5.32 Å². The fourth-order valence-electron chi connectivity index (χ4n) is 3.93. The number of rotatable bonds is 9. The highest BCUT2D eigenvalue weighted by molar-refractivity contribution is 5.96. The molecule has 7 nitrogen and oxygen atoms in total. The first-order valence-electron chi connectivity index (χ1n) is 11.4. The fraction of sp³-hybridized carbons (Fsp3) is 0.423. The minimum Gasteiger partial charge on any atom is -0.490 e. The Morgan fingerprint density at radius 3 is 2.24 bits per heavy atom. The number of aliphatic carboxylic acids is 1. The predicted molar refractivity (Wildman–Crippen MR) is 127 cm³/mol. The van der Waals surface area contributed by atoms with Gasteiger partial charge in [0.05, 0.1) is 12.0 Å². The molecule has 0 bridgehead atoms. The number of carbonyl (C=O) groups excluding carboxylic acids is 2. The van der Waals surface area contributed by atoms with E-state index in [-0.39, 0.29) is 23.8 Å². The molecular formula is C26H32N2O5. The van der Waals surface area contributed by atoms with Crippen molar-refractivity contribution in [1.29, 1.82) is 0 Å². The number of ketones is 1. The Morgan fingerprint density at radius 2 is 1.64 bits per heavy atom. The van der Waals surface area contributed by atoms with Gasteiger partial charge in [-0.05, 0) is 75.4 Å². The van der Waals surface area contributed by atoms with E-state index in [1.54, 1.807) is 36.2 Å². The first-order valence-corrected chi connectivity index (χ1v) is 11.4. The van der Waals surface area contributed by atoms with Gasteiger partial charge in [-0.25, -0.2) is 4.79 Å². The lowest BCUT2D eigenvalue weighted by atomic mass is 9.87. The summed E-state index contributed by atoms with van der Waals surface area (Å²) in [6, 6.07) is 14.6. The molecule has 176 valence electrons. The number of nitrogens with one attached hydrogen (secondary N) is 1. The van der Waals surface area contributed by atoms with Crippen molar-refractivity contribution in [2.45, 2.75) is 51.6 Å². The van der Waals surface area contributed by atoms with Gasteiger partial charge < -0.3 is 15.2 Å². The molecule has 0 saturated heterocycles. The zero-order valence-corrected chi connectivity index (χ0v) is 19.3. The third-order valence-electron chi connectivity index (χ3n) is 6.09. The summed E-state index contributed by atoms with van der Waals surface area (Å²) in [6.45, 7) is 2.41. The maximum absolute atomic E-state index is 12.5. The van der Waals surface area contributed by atoms with Crippen molar-refractivity contribution in [2.75, 3.05) is 18.5 Å². The molecule has 0 aromatic heterocycles. The molecule has 1 aliphatic carbocycles. The van der Waals surface area contributed by atoms with Crippen LogP contribution in [0.15, 0.2) is 48.5 Å². The SMILES string of the molecule is Cc1ccc(N(C)C(=O)NCCCC(=O)c2ccc(OC3CCC(C(=O)O)CC3)cc2)cc1. The second-order valence-electron chi connectivity index (χ2n) is 8.61. The summed E-state index contributed by atoms with van der Waals surface area (Å²) < 4.78 is 5.95. The van der Waals surface area contributed by atoms with Crippen molar-refractivity contribution in [3.8, 4) is 5.75 Å². The summed E-state index contributed by atoms with van der Waals surface area (Å²) in [5, 5.41) is 11.9. The number of amides is 2. The van der Waals surface area contributed by atoms with Crippen molar-refractivity contribution < 1.29 is 24.2 Å². The number of carbonyl (C=O) groups is 3. The quantitative estimate of drug-likeness (QED) is 0.420. The number of benzene rings is 2. The third-order valence-corrected chi connectivity index (χ3v) is 6.09. The van der Waals surface area contributed by atoms with Crippen molar-refractivity contribution in [3.05, 3.63) is 59.7 Å². The highest BCUT2D eigenvalue weighted by atomic mass is 16.5. The topological polar surface area (TPSA) is 95.9 Å². The number of anilines is 1. The molecule has 1 saturated carbocycles. The molecule has 0 atom stereocenters. The van der Waals surface area contributed by atoms with E-state index in [0.29, 0.717) is 43.5 Å². The standard InChI is InChI=1S/C26H32N2O5/c1-18-5-11-21(12-6-18)28(2)26(32)27-17-3-4-24(29)19-7-13-22(14-8-19)33-23-15-9-20(10-16-23)25(30)31/h5-8,11-14,20,23H,3-4,9-10,15-17H2,1-2H3,(H,27,32)(H,30,31). The van der Waals surface area contributed by atoms with Crippen molar-refractivity contribution in [2.24, 2.45) is 5.92 Å². The minimum atomic E-state index is -0.728. The van der Waals surface area contributed by atoms with E-state index in [4.69, 9.17) is 9.84 Å². The predicted octanol–water partition coefficient (Wildman–Crippen LogP) is 4.83. The smallest absolute Gasteiger partial charge is 0.321 e. The van der Waals surface area contributed by atoms with E-state index < -0.39 is 5.97 Å². The molecule has 0 unspecified atom stereocenters. The van der Waals surface area contributed by atoms with Gasteiger partial charge in [-0.3, -0.25) is 14.5 Å². The molecule has 33 heavy (non-hydrogen) atoms. The van der Waals surface area contributed by atoms with Crippen LogP contribution in [0.25, 0.3) is 0 Å². The van der Waals surface area contributed by atoms with E-state index in [1.807, 2.05) is 31.2 Å². The molecule has 0 aliphatic heterocycles. The summed E-state index contributed by atoms with van der Waals surface area (Å²) in [7, 11) is 1.71. The zero-order valence-electron chi connectivity index (χ0n) is 19.3. The van der Waals surface area contributed by atoms with Crippen LogP contribution in [0.2, 0.25) is 0 Å². The van der Waals surface area contributed by atoms with Gasteiger partial charge in [-0.1, -0.05) is 17.7 Å². The van der Waals surface area contributed by atoms with Gasteiger partial charge >= 0.3 is 12.0 Å². The van der Waals surface area contributed by atoms with E-state index in [0.717, 1.165) is 24.1 Å². The normalized spacial score (nSPS) is 17.8. The number of carboxylic acids is 1. The Bertz CT molecular complexity index is 948. The van der Waals surface area contributed by atoms with Crippen LogP contribution >= 0.6 is 0 Å². The number of hydrogen-bond acceptors (Lipinski definition) is 4. The van der Waals surface area contributed by atoms with Crippen LogP contribution in [0.1, 0.15) is 54.4 Å². The molecule has 3 rings (SSSR count). The maximum Gasteiger partial charge on any atom is 0.321 e. The van der Waals surface area contributed by atoms with Crippen LogP contribution in [0, 0.1) is 12.8 Å². The van der Waals surface area contributed by atoms with Gasteiger partial charge in [0.2, 0.25) is 0 Å². The molecule has 2 N–H and O–H groups in total. The van der Waals surface area contributed by atoms with Gasteiger partial charge in [0, 0.05) is 31.3 Å². The van der Waals surface area contributed by atoms with Crippen LogP contribution in [0.4, 0.5) is 10.5 Å². The lowest BCUT2D eigenvalue weighted by Crippen LogP contribution is -2.37. The van der Waals surface area contributed by atoms with Crippen LogP contribution in [-0.4, -0.2) is 42.6 Å². The summed E-state index contributed by atoms with van der Waals surface area (Å²) in [4.78, 5) is 37.3. The molecule has 0 spiro atoms. The Balaban J connectivity index is 1.38. The lowest BCUT2D eigenvalue weighted by Gasteiger charge is -2.26. The molecule has 2 amide bonds. The first-order chi connectivity index (χ1) is 15.8. The molecule has 0 radical (unpaired) electrons. The van der Waals surface area contributed by atoms with Crippen molar-refractivity contribution in [3.63, 3.8) is 0 Å². The lowest BCUT2D eigenvalue weighted by molar-refractivity contribution is -0.143. The Kier molecular flexibility index (Phi) is 8.46. The average Bonchev–Trinajstić information content (AvgIpc) is 2.82. The van der Waals surface area contributed by atoms with E-state index >= 15 is 0 Å². The van der Waals surface area contributed by atoms with Gasteiger partial charge in [-0.2, -0.15) is 0 Å². The van der Waals surface area contributed by atoms with Crippen LogP contribution in [-0.2, 0) is 4.79 Å². The molecule has 2 aromatic rings. The van der Waals surface area contributed by atoms with E-state index in [2.05, 4.69) is 5.32 Å². The summed E-state index contributed by atoms with van der Waals surface area (Å²) in [5.41, 5.74) is 2.56. The number of nitrogens with zero attached hydrogens (tertiary/aromatic N) is 1. The summed E-state index contributed by atoms with van der Waals surface area (Å²) >= 11 is 0. The van der Waals surface area contributed by atoms with Crippen LogP contribution < -0.4 is 15.0 Å². The molecule has 2 aromatic carbocycles. The molecule has 7 heteroatoms. The zero-order chi connectivity index (χ0) is 23.8. The molecule has 1 fully saturated rings. The molecular weight excluding hydrogens is 420 g/mol. The van der Waals surface area contributed by atoms with Crippen molar-refractivity contribution >= 4 is 23.5 Å². The number of hydrogen-bond donors (Lipinski definition) is 2. The Hall–Kier alpha value is -3.35. The number of urea groups is 1. The van der Waals surface area contributed by atoms with E-state index in [9.17, 15) is 14.4 Å². The molecule has 1 aliphatic rings. The van der Waals surface area contributed by atoms with Crippen LogP contribution in [0.3, 0.4) is 0 Å². The number of aryl methyl sites for hydroxylation is 1. The number of carboxylic acid groups (broad SMARTS) is 1. The highest BCUT2D eigenvalue weighted by Crippen LogP contribution is 2.28. The highest BCUT2D eigenvalue weighted by Gasteiger charge is 2.26. The second-order valence-corrected chi connectivity index (χ2v) is 8.61. The summed E-state index contributed by atoms with van der Waals surface area (Å²) in [6.07, 6.45) is 3.63. The Morgan fingerprint density at radius 1 is 1.00 bits per heavy atom. The number of Topliss-reactive ketones (excluding diaryl/α,β-unsaturated/α-hetero) is 1. The van der Waals surface area contributed by atoms with Gasteiger partial charge in [0.1, 0.15) is 5.75 Å². The van der Waals surface area contributed by atoms with Gasteiger partial charge in [-0.15, -0.1) is 0 Å². The largest absolute Gasteiger partial charge is 0.490 e. The Labute approximate surface area is 194 Å².